The fourth-order valence-electron chi connectivity index (χ4n) is 1.58. The standard InChI is InChI=1S/C15H24FNS/c1-11(2)8-17-9-13-7-14(16)5-6-15(13)18-10-12(3)4/h5-7,11-12,17H,8-10H2,1-4H3. The fraction of sp³-hybridized carbons (Fsp3) is 0.600. The Labute approximate surface area is 115 Å². The third-order valence-electron chi connectivity index (χ3n) is 2.46. The first kappa shape index (κ1) is 15.5. The number of benzene rings is 1. The van der Waals surface area contributed by atoms with Gasteiger partial charge in [0, 0.05) is 17.2 Å². The summed E-state index contributed by atoms with van der Waals surface area (Å²) in [4.78, 5) is 1.20. The molecule has 0 aliphatic rings. The SMILES string of the molecule is CC(C)CNCc1cc(F)ccc1SCC(C)C. The lowest BCUT2D eigenvalue weighted by atomic mass is 10.2. The van der Waals surface area contributed by atoms with E-state index < -0.39 is 0 Å². The molecule has 0 unspecified atom stereocenters. The van der Waals surface area contributed by atoms with Crippen LogP contribution in [-0.4, -0.2) is 12.3 Å². The molecule has 0 aliphatic carbocycles. The van der Waals surface area contributed by atoms with E-state index in [-0.39, 0.29) is 5.82 Å². The lowest BCUT2D eigenvalue weighted by molar-refractivity contribution is 0.547. The topological polar surface area (TPSA) is 12.0 Å². The smallest absolute Gasteiger partial charge is 0.123 e. The van der Waals surface area contributed by atoms with Crippen LogP contribution in [0.25, 0.3) is 0 Å². The van der Waals surface area contributed by atoms with Gasteiger partial charge in [0.05, 0.1) is 0 Å². The van der Waals surface area contributed by atoms with Gasteiger partial charge in [-0.2, -0.15) is 0 Å². The molecule has 0 amide bonds. The highest BCUT2D eigenvalue weighted by molar-refractivity contribution is 7.99. The summed E-state index contributed by atoms with van der Waals surface area (Å²) in [7, 11) is 0. The normalized spacial score (nSPS) is 11.5. The van der Waals surface area contributed by atoms with E-state index in [9.17, 15) is 4.39 Å². The number of halogens is 1. The van der Waals surface area contributed by atoms with Crippen LogP contribution in [0.2, 0.25) is 0 Å². The number of hydrogen-bond acceptors (Lipinski definition) is 2. The summed E-state index contributed by atoms with van der Waals surface area (Å²) in [5.74, 6) is 2.19. The van der Waals surface area contributed by atoms with Gasteiger partial charge in [0.1, 0.15) is 5.82 Å². The Morgan fingerprint density at radius 3 is 2.50 bits per heavy atom. The number of rotatable bonds is 7. The van der Waals surface area contributed by atoms with Crippen LogP contribution in [0.5, 0.6) is 0 Å². The van der Waals surface area contributed by atoms with Crippen LogP contribution < -0.4 is 5.32 Å². The summed E-state index contributed by atoms with van der Waals surface area (Å²) in [6, 6.07) is 5.10. The van der Waals surface area contributed by atoms with Gasteiger partial charge in [0.15, 0.2) is 0 Å². The van der Waals surface area contributed by atoms with Crippen LogP contribution in [0.4, 0.5) is 4.39 Å². The molecule has 0 saturated heterocycles. The molecule has 102 valence electrons. The van der Waals surface area contributed by atoms with E-state index in [1.54, 1.807) is 12.1 Å². The number of hydrogen-bond donors (Lipinski definition) is 1. The molecule has 0 fully saturated rings. The Morgan fingerprint density at radius 2 is 1.89 bits per heavy atom. The minimum atomic E-state index is -0.148. The maximum Gasteiger partial charge on any atom is 0.123 e. The van der Waals surface area contributed by atoms with Gasteiger partial charge in [-0.15, -0.1) is 11.8 Å². The summed E-state index contributed by atoms with van der Waals surface area (Å²) in [6.07, 6.45) is 0. The molecule has 0 atom stereocenters. The summed E-state index contributed by atoms with van der Waals surface area (Å²) < 4.78 is 13.3. The molecule has 0 spiro atoms. The Kier molecular flexibility index (Phi) is 6.72. The van der Waals surface area contributed by atoms with Crippen molar-refractivity contribution in [1.29, 1.82) is 0 Å². The van der Waals surface area contributed by atoms with Crippen molar-refractivity contribution in [2.45, 2.75) is 39.1 Å². The average molecular weight is 269 g/mol. The fourth-order valence-corrected chi connectivity index (χ4v) is 2.57. The third-order valence-corrected chi connectivity index (χ3v) is 4.01. The highest BCUT2D eigenvalue weighted by atomic mass is 32.2. The Bertz CT molecular complexity index is 364. The molecule has 1 nitrogen and oxygen atoms in total. The zero-order chi connectivity index (χ0) is 13.5. The molecule has 0 heterocycles. The summed E-state index contributed by atoms with van der Waals surface area (Å²) in [6.45, 7) is 10.5. The molecule has 1 N–H and O–H groups in total. The van der Waals surface area contributed by atoms with E-state index in [2.05, 4.69) is 33.0 Å². The molecule has 0 bridgehead atoms. The second-order valence-electron chi connectivity index (χ2n) is 5.48. The first-order valence-electron chi connectivity index (χ1n) is 6.61. The molecule has 1 rings (SSSR count). The molecule has 0 saturated carbocycles. The van der Waals surface area contributed by atoms with Gasteiger partial charge in [0.25, 0.3) is 0 Å². The molecule has 1 aromatic carbocycles. The first-order valence-corrected chi connectivity index (χ1v) is 7.59. The highest BCUT2D eigenvalue weighted by Crippen LogP contribution is 2.25. The number of nitrogens with one attached hydrogen (secondary N) is 1. The van der Waals surface area contributed by atoms with Crippen LogP contribution in [0, 0.1) is 17.7 Å². The Balaban J connectivity index is 2.64. The molecule has 1 aromatic rings. The zero-order valence-electron chi connectivity index (χ0n) is 11.8. The summed E-state index contributed by atoms with van der Waals surface area (Å²) in [5, 5.41) is 3.38. The van der Waals surface area contributed by atoms with Crippen molar-refractivity contribution in [2.24, 2.45) is 11.8 Å². The van der Waals surface area contributed by atoms with Crippen LogP contribution in [0.15, 0.2) is 23.1 Å². The second-order valence-corrected chi connectivity index (χ2v) is 6.54. The Morgan fingerprint density at radius 1 is 1.17 bits per heavy atom. The molecule has 3 heteroatoms. The van der Waals surface area contributed by atoms with Crippen molar-refractivity contribution in [3.05, 3.63) is 29.6 Å². The zero-order valence-corrected chi connectivity index (χ0v) is 12.6. The minimum Gasteiger partial charge on any atom is -0.312 e. The van der Waals surface area contributed by atoms with Gasteiger partial charge < -0.3 is 5.32 Å². The maximum absolute atomic E-state index is 13.3. The lowest BCUT2D eigenvalue weighted by Crippen LogP contribution is -2.19. The van der Waals surface area contributed by atoms with E-state index >= 15 is 0 Å². The Hall–Kier alpha value is -0.540. The van der Waals surface area contributed by atoms with Crippen molar-refractivity contribution in [2.75, 3.05) is 12.3 Å². The highest BCUT2D eigenvalue weighted by Gasteiger charge is 2.06. The second kappa shape index (κ2) is 7.80. The van der Waals surface area contributed by atoms with Gasteiger partial charge in [-0.3, -0.25) is 0 Å². The largest absolute Gasteiger partial charge is 0.312 e. The van der Waals surface area contributed by atoms with Crippen molar-refractivity contribution >= 4 is 11.8 Å². The summed E-state index contributed by atoms with van der Waals surface area (Å²) >= 11 is 1.82. The molecule has 0 radical (unpaired) electrons. The third kappa shape index (κ3) is 5.87. The maximum atomic E-state index is 13.3. The predicted octanol–water partition coefficient (Wildman–Crippen LogP) is 4.32. The first-order chi connectivity index (χ1) is 8.49. The molecule has 0 aromatic heterocycles. The van der Waals surface area contributed by atoms with Crippen molar-refractivity contribution in [3.63, 3.8) is 0 Å². The lowest BCUT2D eigenvalue weighted by Gasteiger charge is -2.12. The predicted molar refractivity (Wildman–Crippen MR) is 78.5 cm³/mol. The number of thioether (sulfide) groups is 1. The van der Waals surface area contributed by atoms with Crippen molar-refractivity contribution < 1.29 is 4.39 Å². The van der Waals surface area contributed by atoms with Gasteiger partial charge in [-0.1, -0.05) is 27.7 Å². The van der Waals surface area contributed by atoms with Crippen molar-refractivity contribution in [3.8, 4) is 0 Å². The van der Waals surface area contributed by atoms with Crippen LogP contribution in [-0.2, 0) is 6.54 Å². The van der Waals surface area contributed by atoms with E-state index in [0.29, 0.717) is 11.8 Å². The van der Waals surface area contributed by atoms with E-state index in [0.717, 1.165) is 24.4 Å². The molecule has 0 aliphatic heterocycles. The monoisotopic (exact) mass is 269 g/mol. The van der Waals surface area contributed by atoms with Crippen LogP contribution in [0.3, 0.4) is 0 Å². The van der Waals surface area contributed by atoms with E-state index in [1.807, 2.05) is 17.8 Å². The van der Waals surface area contributed by atoms with Gasteiger partial charge in [-0.05, 0) is 42.1 Å². The quantitative estimate of drug-likeness (QED) is 0.740. The minimum absolute atomic E-state index is 0.148. The van der Waals surface area contributed by atoms with E-state index in [1.165, 1.54) is 4.90 Å². The van der Waals surface area contributed by atoms with Crippen molar-refractivity contribution in [1.82, 2.24) is 5.32 Å². The molecule has 18 heavy (non-hydrogen) atoms. The van der Waals surface area contributed by atoms with E-state index in [4.69, 9.17) is 0 Å². The molecular weight excluding hydrogens is 245 g/mol. The van der Waals surface area contributed by atoms with Crippen LogP contribution >= 0.6 is 11.8 Å². The van der Waals surface area contributed by atoms with Crippen LogP contribution in [0.1, 0.15) is 33.3 Å². The van der Waals surface area contributed by atoms with Gasteiger partial charge in [-0.25, -0.2) is 4.39 Å². The van der Waals surface area contributed by atoms with Gasteiger partial charge in [0.2, 0.25) is 0 Å². The average Bonchev–Trinajstić information content (AvgIpc) is 2.27. The van der Waals surface area contributed by atoms with Gasteiger partial charge >= 0.3 is 0 Å². The summed E-state index contributed by atoms with van der Waals surface area (Å²) in [5.41, 5.74) is 1.07. The molecular formula is C15H24FNS.